The summed E-state index contributed by atoms with van der Waals surface area (Å²) in [7, 11) is 0. The molecule has 0 aromatic heterocycles. The summed E-state index contributed by atoms with van der Waals surface area (Å²) in [6.45, 7) is 4.03. The monoisotopic (exact) mass is 347 g/mol. The second kappa shape index (κ2) is 10.2. The number of urea groups is 1. The Morgan fingerprint density at radius 2 is 2.25 bits per heavy atom. The summed E-state index contributed by atoms with van der Waals surface area (Å²) in [5, 5.41) is 14.6. The van der Waals surface area contributed by atoms with Gasteiger partial charge in [-0.1, -0.05) is 12.1 Å². The topological polar surface area (TPSA) is 74.2 Å². The summed E-state index contributed by atoms with van der Waals surface area (Å²) in [6.07, 6.45) is 3.41. The van der Waals surface area contributed by atoms with E-state index in [1.165, 1.54) is 12.8 Å². The SMILES string of the molecule is C[C@H](C#N)CSc1ccccc1NC(=O)NCCCOCC1CC1. The van der Waals surface area contributed by atoms with Gasteiger partial charge in [-0.05, 0) is 44.2 Å². The molecule has 0 heterocycles. The second-order valence-electron chi connectivity index (χ2n) is 6.09. The first-order valence-corrected chi connectivity index (χ1v) is 9.41. The van der Waals surface area contributed by atoms with Gasteiger partial charge in [0, 0.05) is 30.4 Å². The Labute approximate surface area is 148 Å². The lowest BCUT2D eigenvalue weighted by molar-refractivity contribution is 0.122. The van der Waals surface area contributed by atoms with E-state index in [2.05, 4.69) is 16.7 Å². The number of benzene rings is 1. The number of para-hydroxylation sites is 1. The molecule has 0 bridgehead atoms. The average molecular weight is 347 g/mol. The Hall–Kier alpha value is -1.71. The molecular formula is C18H25N3O2S. The molecule has 130 valence electrons. The maximum Gasteiger partial charge on any atom is 0.319 e. The molecule has 2 amide bonds. The standard InChI is InChI=1S/C18H25N3O2S/c1-14(11-19)13-24-17-6-3-2-5-16(17)21-18(22)20-9-4-10-23-12-15-7-8-15/h2-3,5-6,14-15H,4,7-10,12-13H2,1H3,(H2,20,21,22)/t14-/m1/s1. The van der Waals surface area contributed by atoms with Crippen LogP contribution in [0.3, 0.4) is 0 Å². The Morgan fingerprint density at radius 1 is 1.46 bits per heavy atom. The van der Waals surface area contributed by atoms with Gasteiger partial charge in [-0.25, -0.2) is 4.79 Å². The molecule has 1 aromatic rings. The van der Waals surface area contributed by atoms with Crippen LogP contribution in [-0.4, -0.2) is 31.5 Å². The highest BCUT2D eigenvalue weighted by Gasteiger charge is 2.20. The number of nitrogens with zero attached hydrogens (tertiary/aromatic N) is 1. The molecule has 6 heteroatoms. The third kappa shape index (κ3) is 7.24. The molecule has 0 saturated heterocycles. The van der Waals surface area contributed by atoms with Crippen LogP contribution in [0.5, 0.6) is 0 Å². The number of nitrogens with one attached hydrogen (secondary N) is 2. The fraction of sp³-hybridized carbons (Fsp3) is 0.556. The number of rotatable bonds is 10. The van der Waals surface area contributed by atoms with Crippen molar-refractivity contribution in [3.63, 3.8) is 0 Å². The van der Waals surface area contributed by atoms with Gasteiger partial charge in [0.1, 0.15) is 0 Å². The van der Waals surface area contributed by atoms with Crippen molar-refractivity contribution >= 4 is 23.5 Å². The summed E-state index contributed by atoms with van der Waals surface area (Å²) < 4.78 is 5.54. The molecule has 0 aliphatic heterocycles. The first kappa shape index (κ1) is 18.6. The minimum absolute atomic E-state index is 0.0208. The van der Waals surface area contributed by atoms with E-state index in [1.807, 2.05) is 31.2 Å². The lowest BCUT2D eigenvalue weighted by Gasteiger charge is -2.12. The van der Waals surface area contributed by atoms with Crippen molar-refractivity contribution < 1.29 is 9.53 Å². The zero-order valence-electron chi connectivity index (χ0n) is 14.1. The number of amides is 2. The molecule has 1 fully saturated rings. The number of anilines is 1. The zero-order chi connectivity index (χ0) is 17.2. The fourth-order valence-electron chi connectivity index (χ4n) is 2.02. The summed E-state index contributed by atoms with van der Waals surface area (Å²) >= 11 is 1.58. The molecule has 1 saturated carbocycles. The molecule has 0 spiro atoms. The molecule has 1 aromatic carbocycles. The van der Waals surface area contributed by atoms with Crippen LogP contribution in [0.1, 0.15) is 26.2 Å². The van der Waals surface area contributed by atoms with Crippen LogP contribution in [-0.2, 0) is 4.74 Å². The lowest BCUT2D eigenvalue weighted by atomic mass is 10.3. The lowest BCUT2D eigenvalue weighted by Crippen LogP contribution is -2.30. The van der Waals surface area contributed by atoms with Crippen molar-refractivity contribution in [3.05, 3.63) is 24.3 Å². The molecule has 1 aliphatic carbocycles. The predicted octanol–water partition coefficient (Wildman–Crippen LogP) is 3.88. The minimum atomic E-state index is -0.210. The number of ether oxygens (including phenoxy) is 1. The molecule has 1 aliphatic rings. The van der Waals surface area contributed by atoms with E-state index >= 15 is 0 Å². The molecule has 2 rings (SSSR count). The van der Waals surface area contributed by atoms with Crippen molar-refractivity contribution in [3.8, 4) is 6.07 Å². The zero-order valence-corrected chi connectivity index (χ0v) is 14.9. The highest BCUT2D eigenvalue weighted by atomic mass is 32.2. The third-order valence-corrected chi connectivity index (χ3v) is 4.98. The van der Waals surface area contributed by atoms with Gasteiger partial charge < -0.3 is 15.4 Å². The van der Waals surface area contributed by atoms with Crippen LogP contribution in [0.4, 0.5) is 10.5 Å². The molecule has 1 atom stereocenters. The maximum atomic E-state index is 12.0. The van der Waals surface area contributed by atoms with E-state index in [0.717, 1.165) is 29.5 Å². The third-order valence-electron chi connectivity index (χ3n) is 3.65. The number of hydrogen-bond donors (Lipinski definition) is 2. The Morgan fingerprint density at radius 3 is 3.00 bits per heavy atom. The normalized spacial score (nSPS) is 14.7. The van der Waals surface area contributed by atoms with E-state index < -0.39 is 0 Å². The van der Waals surface area contributed by atoms with Crippen LogP contribution in [0, 0.1) is 23.2 Å². The van der Waals surface area contributed by atoms with Crippen LogP contribution in [0.15, 0.2) is 29.2 Å². The number of thioether (sulfide) groups is 1. The predicted molar refractivity (Wildman–Crippen MR) is 97.1 cm³/mol. The minimum Gasteiger partial charge on any atom is -0.381 e. The Bertz CT molecular complexity index is 570. The summed E-state index contributed by atoms with van der Waals surface area (Å²) in [5.74, 6) is 1.46. The molecule has 0 unspecified atom stereocenters. The van der Waals surface area contributed by atoms with Crippen molar-refractivity contribution in [2.75, 3.05) is 30.8 Å². The van der Waals surface area contributed by atoms with Gasteiger partial charge in [0.25, 0.3) is 0 Å². The second-order valence-corrected chi connectivity index (χ2v) is 7.15. The number of carbonyl (C=O) groups excluding carboxylic acids is 1. The van der Waals surface area contributed by atoms with Crippen molar-refractivity contribution in [2.45, 2.75) is 31.1 Å². The van der Waals surface area contributed by atoms with Gasteiger partial charge >= 0.3 is 6.03 Å². The highest BCUT2D eigenvalue weighted by molar-refractivity contribution is 7.99. The van der Waals surface area contributed by atoms with Gasteiger partial charge in [0.15, 0.2) is 0 Å². The molecular weight excluding hydrogens is 322 g/mol. The van der Waals surface area contributed by atoms with E-state index in [1.54, 1.807) is 11.8 Å². The van der Waals surface area contributed by atoms with Crippen LogP contribution in [0.25, 0.3) is 0 Å². The first-order valence-electron chi connectivity index (χ1n) is 8.43. The maximum absolute atomic E-state index is 12.0. The molecule has 5 nitrogen and oxygen atoms in total. The summed E-state index contributed by atoms with van der Waals surface area (Å²) in [4.78, 5) is 13.0. The smallest absolute Gasteiger partial charge is 0.319 e. The Kier molecular flexibility index (Phi) is 7.93. The van der Waals surface area contributed by atoms with E-state index in [9.17, 15) is 4.79 Å². The first-order chi connectivity index (χ1) is 11.7. The van der Waals surface area contributed by atoms with E-state index in [4.69, 9.17) is 10.00 Å². The van der Waals surface area contributed by atoms with Gasteiger partial charge in [-0.2, -0.15) is 5.26 Å². The van der Waals surface area contributed by atoms with Crippen molar-refractivity contribution in [1.29, 1.82) is 5.26 Å². The average Bonchev–Trinajstić information content (AvgIpc) is 3.41. The summed E-state index contributed by atoms with van der Waals surface area (Å²) in [5.41, 5.74) is 0.773. The number of hydrogen-bond acceptors (Lipinski definition) is 4. The van der Waals surface area contributed by atoms with Crippen LogP contribution in [0.2, 0.25) is 0 Å². The van der Waals surface area contributed by atoms with Crippen molar-refractivity contribution in [1.82, 2.24) is 5.32 Å². The van der Waals surface area contributed by atoms with Gasteiger partial charge in [0.05, 0.1) is 17.7 Å². The molecule has 0 radical (unpaired) electrons. The van der Waals surface area contributed by atoms with Crippen LogP contribution >= 0.6 is 11.8 Å². The van der Waals surface area contributed by atoms with Crippen LogP contribution < -0.4 is 10.6 Å². The largest absolute Gasteiger partial charge is 0.381 e. The molecule has 24 heavy (non-hydrogen) atoms. The van der Waals surface area contributed by atoms with E-state index in [0.29, 0.717) is 18.9 Å². The van der Waals surface area contributed by atoms with Crippen molar-refractivity contribution in [2.24, 2.45) is 11.8 Å². The van der Waals surface area contributed by atoms with E-state index in [-0.39, 0.29) is 11.9 Å². The number of carbonyl (C=O) groups is 1. The summed E-state index contributed by atoms with van der Waals surface area (Å²) in [6, 6.07) is 9.65. The van der Waals surface area contributed by atoms with Gasteiger partial charge in [0.2, 0.25) is 0 Å². The highest BCUT2D eigenvalue weighted by Crippen LogP contribution is 2.29. The van der Waals surface area contributed by atoms with Gasteiger partial charge in [-0.15, -0.1) is 11.8 Å². The molecule has 2 N–H and O–H groups in total. The van der Waals surface area contributed by atoms with Gasteiger partial charge in [-0.3, -0.25) is 0 Å². The number of nitriles is 1. The Balaban J connectivity index is 1.67. The fourth-order valence-corrected chi connectivity index (χ4v) is 2.98. The quantitative estimate of drug-likeness (QED) is 0.497.